The fourth-order valence-corrected chi connectivity index (χ4v) is 2.53. The zero-order chi connectivity index (χ0) is 9.26. The smallest absolute Gasteiger partial charge is 0.0957 e. The predicted octanol–water partition coefficient (Wildman–Crippen LogP) is 3.54. The summed E-state index contributed by atoms with van der Waals surface area (Å²) >= 11 is 1.77. The van der Waals surface area contributed by atoms with Gasteiger partial charge < -0.3 is 4.74 Å². The molecule has 2 atom stereocenters. The van der Waals surface area contributed by atoms with Crippen LogP contribution in [0.3, 0.4) is 0 Å². The van der Waals surface area contributed by atoms with Crippen LogP contribution in [-0.2, 0) is 4.74 Å². The molecule has 0 radical (unpaired) electrons. The lowest BCUT2D eigenvalue weighted by atomic mass is 9.99. The van der Waals surface area contributed by atoms with Gasteiger partial charge in [0.2, 0.25) is 0 Å². The average molecular weight is 194 g/mol. The lowest BCUT2D eigenvalue weighted by molar-refractivity contribution is -0.0204. The van der Waals surface area contributed by atoms with Crippen molar-refractivity contribution in [3.63, 3.8) is 0 Å². The van der Waals surface area contributed by atoms with Crippen LogP contribution in [0, 0.1) is 0 Å². The van der Waals surface area contributed by atoms with Gasteiger partial charge in [-0.3, -0.25) is 0 Å². The molecule has 70 valence electrons. The van der Waals surface area contributed by atoms with Crippen molar-refractivity contribution in [3.05, 3.63) is 34.5 Å². The summed E-state index contributed by atoms with van der Waals surface area (Å²) in [7, 11) is 0. The molecule has 1 fully saturated rings. The molecule has 1 nitrogen and oxygen atoms in total. The van der Waals surface area contributed by atoms with E-state index in [4.69, 9.17) is 4.74 Å². The highest BCUT2D eigenvalue weighted by molar-refractivity contribution is 7.10. The number of hydrogen-bond acceptors (Lipinski definition) is 2. The fourth-order valence-electron chi connectivity index (χ4n) is 1.77. The monoisotopic (exact) mass is 194 g/mol. The van der Waals surface area contributed by atoms with Gasteiger partial charge in [0.25, 0.3) is 0 Å². The van der Waals surface area contributed by atoms with Gasteiger partial charge >= 0.3 is 0 Å². The molecule has 0 saturated carbocycles. The summed E-state index contributed by atoms with van der Waals surface area (Å²) in [5.74, 6) is 0. The van der Waals surface area contributed by atoms with Crippen molar-refractivity contribution in [2.75, 3.05) is 0 Å². The summed E-state index contributed by atoms with van der Waals surface area (Å²) in [6, 6.07) is 4.21. The summed E-state index contributed by atoms with van der Waals surface area (Å²) in [5.41, 5.74) is 1.32. The van der Waals surface area contributed by atoms with E-state index in [1.165, 1.54) is 10.5 Å². The molecule has 0 amide bonds. The van der Waals surface area contributed by atoms with Gasteiger partial charge in [0.1, 0.15) is 0 Å². The third-order valence-electron chi connectivity index (χ3n) is 2.31. The van der Waals surface area contributed by atoms with Crippen LogP contribution < -0.4 is 0 Å². The minimum atomic E-state index is 0.260. The molecular formula is C11H14OS. The van der Waals surface area contributed by atoms with Crippen LogP contribution in [-0.4, -0.2) is 6.10 Å². The van der Waals surface area contributed by atoms with Crippen molar-refractivity contribution in [2.45, 2.75) is 32.0 Å². The van der Waals surface area contributed by atoms with E-state index >= 15 is 0 Å². The van der Waals surface area contributed by atoms with Crippen LogP contribution in [0.1, 0.15) is 30.7 Å². The normalized spacial score (nSPS) is 29.2. The molecule has 0 bridgehead atoms. The maximum atomic E-state index is 5.85. The Kier molecular flexibility index (Phi) is 2.51. The number of rotatable bonds is 1. The molecule has 0 N–H and O–H groups in total. The largest absolute Gasteiger partial charge is 0.369 e. The summed E-state index contributed by atoms with van der Waals surface area (Å²) in [5, 5.41) is 2.10. The molecule has 1 saturated heterocycles. The summed E-state index contributed by atoms with van der Waals surface area (Å²) in [4.78, 5) is 1.33. The second-order valence-electron chi connectivity index (χ2n) is 3.61. The summed E-state index contributed by atoms with van der Waals surface area (Å²) in [6.45, 7) is 6.17. The highest BCUT2D eigenvalue weighted by Crippen LogP contribution is 2.35. The van der Waals surface area contributed by atoms with E-state index in [-0.39, 0.29) is 6.10 Å². The Morgan fingerprint density at radius 1 is 1.54 bits per heavy atom. The van der Waals surface area contributed by atoms with Crippen LogP contribution in [0.15, 0.2) is 29.7 Å². The standard InChI is InChI=1S/C11H14OS/c1-8-6-9(2)12-10(7-8)11-4-3-5-13-11/h3-5,9-10H,1,6-7H2,2H3/t9-,10-/m0/s1. The van der Waals surface area contributed by atoms with E-state index in [2.05, 4.69) is 31.0 Å². The fraction of sp³-hybridized carbons (Fsp3) is 0.455. The maximum absolute atomic E-state index is 5.85. The van der Waals surface area contributed by atoms with Crippen molar-refractivity contribution in [1.29, 1.82) is 0 Å². The molecule has 1 aromatic rings. The lowest BCUT2D eigenvalue weighted by Crippen LogP contribution is -2.20. The first-order chi connectivity index (χ1) is 6.25. The van der Waals surface area contributed by atoms with Crippen LogP contribution in [0.5, 0.6) is 0 Å². The van der Waals surface area contributed by atoms with E-state index in [0.29, 0.717) is 6.10 Å². The van der Waals surface area contributed by atoms with Gasteiger partial charge in [-0.1, -0.05) is 18.2 Å². The molecule has 0 unspecified atom stereocenters. The van der Waals surface area contributed by atoms with Crippen LogP contribution in [0.2, 0.25) is 0 Å². The van der Waals surface area contributed by atoms with Crippen molar-refractivity contribution in [2.24, 2.45) is 0 Å². The van der Waals surface area contributed by atoms with Gasteiger partial charge in [0.05, 0.1) is 12.2 Å². The van der Waals surface area contributed by atoms with E-state index in [1.807, 2.05) is 0 Å². The Balaban J connectivity index is 2.12. The SMILES string of the molecule is C=C1C[C@@H](c2cccs2)O[C@@H](C)C1. The number of hydrogen-bond donors (Lipinski definition) is 0. The highest BCUT2D eigenvalue weighted by Gasteiger charge is 2.23. The third-order valence-corrected chi connectivity index (χ3v) is 3.27. The molecule has 1 aliphatic rings. The maximum Gasteiger partial charge on any atom is 0.0957 e. The van der Waals surface area contributed by atoms with E-state index in [9.17, 15) is 0 Å². The first-order valence-corrected chi connectivity index (χ1v) is 5.49. The predicted molar refractivity (Wildman–Crippen MR) is 56.0 cm³/mol. The zero-order valence-corrected chi connectivity index (χ0v) is 8.64. The molecule has 2 heterocycles. The highest BCUT2D eigenvalue weighted by atomic mass is 32.1. The van der Waals surface area contributed by atoms with Crippen molar-refractivity contribution < 1.29 is 4.74 Å². The van der Waals surface area contributed by atoms with E-state index in [1.54, 1.807) is 11.3 Å². The Hall–Kier alpha value is -0.600. The Morgan fingerprint density at radius 3 is 3.00 bits per heavy atom. The van der Waals surface area contributed by atoms with Gasteiger partial charge in [0, 0.05) is 4.88 Å². The molecule has 1 aromatic heterocycles. The topological polar surface area (TPSA) is 9.23 Å². The van der Waals surface area contributed by atoms with Gasteiger partial charge in [0.15, 0.2) is 0 Å². The lowest BCUT2D eigenvalue weighted by Gasteiger charge is -2.28. The Bertz CT molecular complexity index is 289. The van der Waals surface area contributed by atoms with E-state index < -0.39 is 0 Å². The minimum Gasteiger partial charge on any atom is -0.369 e. The van der Waals surface area contributed by atoms with Crippen molar-refractivity contribution >= 4 is 11.3 Å². The molecule has 0 aromatic carbocycles. The molecule has 2 heteroatoms. The molecular weight excluding hydrogens is 180 g/mol. The molecule has 13 heavy (non-hydrogen) atoms. The molecule has 2 rings (SSSR count). The first kappa shape index (κ1) is 8.97. The second-order valence-corrected chi connectivity index (χ2v) is 4.59. The average Bonchev–Trinajstić information content (AvgIpc) is 2.53. The number of ether oxygens (including phenoxy) is 1. The molecule has 1 aliphatic heterocycles. The summed E-state index contributed by atoms with van der Waals surface area (Å²) < 4.78 is 5.85. The Morgan fingerprint density at radius 2 is 2.38 bits per heavy atom. The van der Waals surface area contributed by atoms with Crippen LogP contribution in [0.4, 0.5) is 0 Å². The Labute approximate surface area is 83.0 Å². The van der Waals surface area contributed by atoms with Gasteiger partial charge in [-0.05, 0) is 31.2 Å². The first-order valence-electron chi connectivity index (χ1n) is 4.61. The van der Waals surface area contributed by atoms with Crippen molar-refractivity contribution in [1.82, 2.24) is 0 Å². The second kappa shape index (κ2) is 3.64. The van der Waals surface area contributed by atoms with Crippen LogP contribution >= 0.6 is 11.3 Å². The summed E-state index contributed by atoms with van der Waals surface area (Å²) in [6.07, 6.45) is 2.59. The minimum absolute atomic E-state index is 0.260. The van der Waals surface area contributed by atoms with Gasteiger partial charge in [-0.25, -0.2) is 0 Å². The van der Waals surface area contributed by atoms with Gasteiger partial charge in [-0.2, -0.15) is 0 Å². The quantitative estimate of drug-likeness (QED) is 0.621. The molecule has 0 spiro atoms. The van der Waals surface area contributed by atoms with Gasteiger partial charge in [-0.15, -0.1) is 11.3 Å². The molecule has 0 aliphatic carbocycles. The van der Waals surface area contributed by atoms with Crippen LogP contribution in [0.25, 0.3) is 0 Å². The third kappa shape index (κ3) is 2.01. The van der Waals surface area contributed by atoms with Crippen molar-refractivity contribution in [3.8, 4) is 0 Å². The number of thiophene rings is 1. The van der Waals surface area contributed by atoms with E-state index in [0.717, 1.165) is 12.8 Å². The zero-order valence-electron chi connectivity index (χ0n) is 7.82.